The van der Waals surface area contributed by atoms with Crippen LogP contribution in [0.25, 0.3) is 133 Å². The standard InChI is InChI=1S/C61H37N3O2/c1-3-17-38(18-4-1)41-23-13-24-42(37-41)55-48(45-28-14-22-39-21-7-8-25-43(39)45)36-35-44(40-19-5-2-6-20-40)56(55)61-63-59(51-31-15-29-49-46-26-9-11-33-53(46)65-57(49)51)62-60(64-61)52-32-16-30-50-47-27-10-12-34-54(47)66-58(50)52/h1-37H. The predicted octanol–water partition coefficient (Wildman–Crippen LogP) is 16.5. The highest BCUT2D eigenvalue weighted by molar-refractivity contribution is 6.11. The second-order valence-electron chi connectivity index (χ2n) is 16.6. The first-order valence-electron chi connectivity index (χ1n) is 22.2. The SMILES string of the molecule is c1ccc(-c2cccc(-c3c(-c4cccc5ccccc45)ccc(-c4ccccc4)c3-c3nc(-c4cccc5c4oc4ccccc45)nc(-c4cccc5c4oc4ccccc45)n3)c2)cc1. The molecule has 66 heavy (non-hydrogen) atoms. The fourth-order valence-electron chi connectivity index (χ4n) is 9.74. The van der Waals surface area contributed by atoms with Gasteiger partial charge in [0, 0.05) is 32.7 Å². The smallest absolute Gasteiger partial charge is 0.167 e. The molecule has 0 spiro atoms. The van der Waals surface area contributed by atoms with Gasteiger partial charge in [-0.05, 0) is 80.0 Å². The van der Waals surface area contributed by atoms with Crippen LogP contribution in [-0.2, 0) is 0 Å². The van der Waals surface area contributed by atoms with Crippen molar-refractivity contribution < 1.29 is 8.83 Å². The molecule has 0 amide bonds. The van der Waals surface area contributed by atoms with Crippen LogP contribution in [0, 0.1) is 0 Å². The average Bonchev–Trinajstić information content (AvgIpc) is 3.97. The van der Waals surface area contributed by atoms with Crippen molar-refractivity contribution in [2.45, 2.75) is 0 Å². The molecule has 3 heterocycles. The van der Waals surface area contributed by atoms with Gasteiger partial charge in [-0.1, -0.05) is 194 Å². The van der Waals surface area contributed by atoms with E-state index in [0.717, 1.165) is 105 Å². The van der Waals surface area contributed by atoms with Crippen LogP contribution in [0.5, 0.6) is 0 Å². The number of fused-ring (bicyclic) bond motifs is 7. The van der Waals surface area contributed by atoms with Crippen LogP contribution in [0.2, 0.25) is 0 Å². The molecule has 0 bridgehead atoms. The summed E-state index contributed by atoms with van der Waals surface area (Å²) in [4.78, 5) is 16.5. The Morgan fingerprint density at radius 1 is 0.258 bits per heavy atom. The highest BCUT2D eigenvalue weighted by Gasteiger charge is 2.26. The Morgan fingerprint density at radius 2 is 0.712 bits per heavy atom. The van der Waals surface area contributed by atoms with Crippen LogP contribution in [0.4, 0.5) is 0 Å². The number of para-hydroxylation sites is 4. The topological polar surface area (TPSA) is 65.0 Å². The normalized spacial score (nSPS) is 11.6. The predicted molar refractivity (Wildman–Crippen MR) is 270 cm³/mol. The van der Waals surface area contributed by atoms with E-state index in [1.165, 1.54) is 0 Å². The van der Waals surface area contributed by atoms with Gasteiger partial charge in [0.15, 0.2) is 17.5 Å². The van der Waals surface area contributed by atoms with Crippen molar-refractivity contribution in [3.8, 4) is 78.7 Å². The van der Waals surface area contributed by atoms with Crippen molar-refractivity contribution in [2.75, 3.05) is 0 Å². The van der Waals surface area contributed by atoms with E-state index in [4.69, 9.17) is 23.8 Å². The molecule has 0 unspecified atom stereocenters. The maximum atomic E-state index is 6.68. The van der Waals surface area contributed by atoms with Gasteiger partial charge in [0.2, 0.25) is 0 Å². The molecular weight excluding hydrogens is 807 g/mol. The van der Waals surface area contributed by atoms with E-state index < -0.39 is 0 Å². The molecule has 308 valence electrons. The second-order valence-corrected chi connectivity index (χ2v) is 16.6. The van der Waals surface area contributed by atoms with E-state index in [-0.39, 0.29) is 0 Å². The van der Waals surface area contributed by atoms with Gasteiger partial charge >= 0.3 is 0 Å². The quantitative estimate of drug-likeness (QED) is 0.160. The van der Waals surface area contributed by atoms with Gasteiger partial charge < -0.3 is 8.83 Å². The molecule has 0 N–H and O–H groups in total. The lowest BCUT2D eigenvalue weighted by molar-refractivity contribution is 0.669. The molecule has 0 aliphatic rings. The third-order valence-electron chi connectivity index (χ3n) is 12.8. The van der Waals surface area contributed by atoms with E-state index in [9.17, 15) is 0 Å². The zero-order valence-electron chi connectivity index (χ0n) is 35.5. The lowest BCUT2D eigenvalue weighted by Crippen LogP contribution is -2.04. The molecule has 0 aliphatic heterocycles. The average molecular weight is 844 g/mol. The number of hydrogen-bond acceptors (Lipinski definition) is 5. The number of rotatable bonds is 7. The first-order valence-corrected chi connectivity index (χ1v) is 22.2. The molecular formula is C61H37N3O2. The van der Waals surface area contributed by atoms with E-state index in [0.29, 0.717) is 28.6 Å². The van der Waals surface area contributed by atoms with Crippen LogP contribution in [0.15, 0.2) is 233 Å². The van der Waals surface area contributed by atoms with Crippen LogP contribution >= 0.6 is 0 Å². The Labute approximate surface area is 379 Å². The number of furan rings is 2. The molecule has 0 saturated heterocycles. The molecule has 13 rings (SSSR count). The fourth-order valence-corrected chi connectivity index (χ4v) is 9.74. The Balaban J connectivity index is 1.18. The molecule has 0 atom stereocenters. The maximum absolute atomic E-state index is 6.68. The summed E-state index contributed by atoms with van der Waals surface area (Å²) in [5.74, 6) is 1.51. The third kappa shape index (κ3) is 6.21. The summed E-state index contributed by atoms with van der Waals surface area (Å²) < 4.78 is 13.4. The molecule has 10 aromatic carbocycles. The highest BCUT2D eigenvalue weighted by atomic mass is 16.3. The number of hydrogen-bond donors (Lipinski definition) is 0. The van der Waals surface area contributed by atoms with Crippen molar-refractivity contribution >= 4 is 54.6 Å². The van der Waals surface area contributed by atoms with Crippen LogP contribution < -0.4 is 0 Å². The Hall–Kier alpha value is -8.93. The molecule has 0 fully saturated rings. The molecule has 5 heteroatoms. The largest absolute Gasteiger partial charge is 0.455 e. The minimum Gasteiger partial charge on any atom is -0.455 e. The Kier molecular flexibility index (Phi) is 8.78. The van der Waals surface area contributed by atoms with Crippen molar-refractivity contribution in [2.24, 2.45) is 0 Å². The summed E-state index contributed by atoms with van der Waals surface area (Å²) in [5, 5.41) is 6.37. The first-order chi connectivity index (χ1) is 32.7. The zero-order chi connectivity index (χ0) is 43.6. The van der Waals surface area contributed by atoms with Crippen molar-refractivity contribution in [3.05, 3.63) is 224 Å². The van der Waals surface area contributed by atoms with Crippen LogP contribution in [-0.4, -0.2) is 15.0 Å². The summed E-state index contributed by atoms with van der Waals surface area (Å²) in [5.41, 5.74) is 14.0. The molecule has 0 saturated carbocycles. The molecule has 3 aromatic heterocycles. The van der Waals surface area contributed by atoms with Gasteiger partial charge in [-0.15, -0.1) is 0 Å². The van der Waals surface area contributed by atoms with Crippen molar-refractivity contribution in [3.63, 3.8) is 0 Å². The minimum atomic E-state index is 0.492. The lowest BCUT2D eigenvalue weighted by Gasteiger charge is -2.21. The fraction of sp³-hybridized carbons (Fsp3) is 0. The number of benzene rings is 10. The maximum Gasteiger partial charge on any atom is 0.167 e. The molecule has 0 radical (unpaired) electrons. The highest BCUT2D eigenvalue weighted by Crippen LogP contribution is 2.48. The summed E-state index contributed by atoms with van der Waals surface area (Å²) in [6.45, 7) is 0. The van der Waals surface area contributed by atoms with Gasteiger partial charge in [0.1, 0.15) is 22.3 Å². The van der Waals surface area contributed by atoms with Gasteiger partial charge in [0.25, 0.3) is 0 Å². The first kappa shape index (κ1) is 37.6. The Morgan fingerprint density at radius 3 is 1.38 bits per heavy atom. The van der Waals surface area contributed by atoms with Crippen molar-refractivity contribution in [1.29, 1.82) is 0 Å². The number of nitrogens with zero attached hydrogens (tertiary/aromatic N) is 3. The van der Waals surface area contributed by atoms with E-state index >= 15 is 0 Å². The van der Waals surface area contributed by atoms with Crippen molar-refractivity contribution in [1.82, 2.24) is 15.0 Å². The van der Waals surface area contributed by atoms with Crippen LogP contribution in [0.3, 0.4) is 0 Å². The molecule has 5 nitrogen and oxygen atoms in total. The van der Waals surface area contributed by atoms with Gasteiger partial charge in [-0.25, -0.2) is 15.0 Å². The third-order valence-corrected chi connectivity index (χ3v) is 12.8. The van der Waals surface area contributed by atoms with Gasteiger partial charge in [0.05, 0.1) is 11.1 Å². The van der Waals surface area contributed by atoms with E-state index in [2.05, 4.69) is 176 Å². The summed E-state index contributed by atoms with van der Waals surface area (Å²) >= 11 is 0. The minimum absolute atomic E-state index is 0.492. The lowest BCUT2D eigenvalue weighted by atomic mass is 9.83. The summed E-state index contributed by atoms with van der Waals surface area (Å²) in [7, 11) is 0. The summed E-state index contributed by atoms with van der Waals surface area (Å²) in [6, 6.07) is 78.3. The molecule has 13 aromatic rings. The monoisotopic (exact) mass is 843 g/mol. The number of aromatic nitrogens is 3. The second kappa shape index (κ2) is 15.4. The molecule has 0 aliphatic carbocycles. The van der Waals surface area contributed by atoms with E-state index in [1.807, 2.05) is 48.5 Å². The van der Waals surface area contributed by atoms with E-state index in [1.54, 1.807) is 0 Å². The van der Waals surface area contributed by atoms with Gasteiger partial charge in [-0.2, -0.15) is 0 Å². The Bertz CT molecular complexity index is 3860. The van der Waals surface area contributed by atoms with Crippen LogP contribution in [0.1, 0.15) is 0 Å². The summed E-state index contributed by atoms with van der Waals surface area (Å²) in [6.07, 6.45) is 0. The van der Waals surface area contributed by atoms with Gasteiger partial charge in [-0.3, -0.25) is 0 Å². The zero-order valence-corrected chi connectivity index (χ0v) is 35.5.